The molecule has 12 heteroatoms. The number of hydrogen-bond acceptors (Lipinski definition) is 8. The van der Waals surface area contributed by atoms with Crippen molar-refractivity contribution in [2.45, 2.75) is 12.8 Å². The van der Waals surface area contributed by atoms with E-state index in [1.807, 2.05) is 0 Å². The molecule has 0 saturated heterocycles. The van der Waals surface area contributed by atoms with Gasteiger partial charge in [-0.05, 0) is 83.6 Å². The van der Waals surface area contributed by atoms with Crippen LogP contribution in [-0.4, -0.2) is 95.0 Å². The zero-order valence-corrected chi connectivity index (χ0v) is 27.4. The number of imide groups is 4. The summed E-state index contributed by atoms with van der Waals surface area (Å²) in [5.41, 5.74) is 6.69. The molecule has 0 aromatic heterocycles. The topological polar surface area (TPSA) is 150 Å². The quantitative estimate of drug-likeness (QED) is 0.300. The van der Waals surface area contributed by atoms with Crippen molar-refractivity contribution in [2.75, 3.05) is 28.2 Å². The van der Waals surface area contributed by atoms with Crippen LogP contribution in [0.15, 0.2) is 72.8 Å². The Bertz CT molecular complexity index is 1990. The van der Waals surface area contributed by atoms with Crippen molar-refractivity contribution in [1.82, 2.24) is 19.6 Å². The summed E-state index contributed by atoms with van der Waals surface area (Å²) in [6, 6.07) is 20.7. The summed E-state index contributed by atoms with van der Waals surface area (Å²) in [5.74, 6) is -2.41. The minimum Gasteiger partial charge on any atom is -0.277 e. The lowest BCUT2D eigenvalue weighted by Crippen LogP contribution is -2.24. The number of nitrogens with zero attached hydrogens (tertiary/aromatic N) is 4. The van der Waals surface area contributed by atoms with Gasteiger partial charge in [0, 0.05) is 28.2 Å². The van der Waals surface area contributed by atoms with Crippen LogP contribution in [0.1, 0.15) is 105 Å². The SMILES string of the molecule is CN1C(=O)c2ccc(Cc3ccc4c(c3)C(=O)N(C)C4=O)cc2C1=O.CN1C(=O)c2ccc(Cc3ccc4c(c3)C(=O)N(C)C4=O)cc2C1=O. The standard InChI is InChI=1S/2C19H14N2O4/c2*1-20-16(22)12-5-3-10(8-14(12)18(20)24)7-11-4-6-13-15(9-11)19(25)21(2)17(13)23/h2*3-6,8-9H,7H2,1-2H3. The van der Waals surface area contributed by atoms with Crippen molar-refractivity contribution in [2.24, 2.45) is 0 Å². The lowest BCUT2D eigenvalue weighted by atomic mass is 9.98. The summed E-state index contributed by atoms with van der Waals surface area (Å²) in [7, 11) is 5.85. The molecule has 12 nitrogen and oxygen atoms in total. The van der Waals surface area contributed by atoms with E-state index in [9.17, 15) is 38.4 Å². The average Bonchev–Trinajstić information content (AvgIpc) is 3.65. The van der Waals surface area contributed by atoms with Crippen LogP contribution >= 0.6 is 0 Å². The van der Waals surface area contributed by atoms with Gasteiger partial charge in [-0.3, -0.25) is 58.0 Å². The zero-order chi connectivity index (χ0) is 35.8. The predicted octanol–water partition coefficient (Wildman–Crippen LogP) is 3.46. The first-order valence-electron chi connectivity index (χ1n) is 15.6. The third-order valence-electron chi connectivity index (χ3n) is 9.43. The van der Waals surface area contributed by atoms with Crippen molar-refractivity contribution in [3.05, 3.63) is 140 Å². The molecule has 248 valence electrons. The summed E-state index contributed by atoms with van der Waals surface area (Å²) in [6.07, 6.45) is 0.994. The summed E-state index contributed by atoms with van der Waals surface area (Å²) < 4.78 is 0. The number of amides is 8. The molecule has 4 aromatic rings. The molecule has 50 heavy (non-hydrogen) atoms. The molecular formula is C38H28N4O8. The van der Waals surface area contributed by atoms with Crippen LogP contribution in [0.25, 0.3) is 0 Å². The van der Waals surface area contributed by atoms with Gasteiger partial charge in [0.15, 0.2) is 0 Å². The molecule has 0 aliphatic carbocycles. The molecule has 4 aliphatic rings. The summed E-state index contributed by atoms with van der Waals surface area (Å²) >= 11 is 0. The van der Waals surface area contributed by atoms with E-state index >= 15 is 0 Å². The van der Waals surface area contributed by atoms with E-state index in [-0.39, 0.29) is 47.3 Å². The number of benzene rings is 4. The molecule has 0 N–H and O–H groups in total. The van der Waals surface area contributed by atoms with Gasteiger partial charge < -0.3 is 0 Å². The second kappa shape index (κ2) is 11.5. The van der Waals surface area contributed by atoms with Crippen molar-refractivity contribution >= 4 is 47.3 Å². The molecule has 0 atom stereocenters. The Labute approximate surface area is 285 Å². The van der Waals surface area contributed by atoms with Gasteiger partial charge in [0.05, 0.1) is 44.5 Å². The highest BCUT2D eigenvalue weighted by Crippen LogP contribution is 2.28. The minimum absolute atomic E-state index is 0.295. The van der Waals surface area contributed by atoms with Crippen LogP contribution in [0.5, 0.6) is 0 Å². The number of rotatable bonds is 4. The van der Waals surface area contributed by atoms with E-state index in [4.69, 9.17) is 0 Å². The molecule has 8 amide bonds. The van der Waals surface area contributed by atoms with E-state index in [2.05, 4.69) is 0 Å². The van der Waals surface area contributed by atoms with E-state index in [0.29, 0.717) is 57.3 Å². The maximum absolute atomic E-state index is 12.1. The van der Waals surface area contributed by atoms with E-state index in [1.54, 1.807) is 72.8 Å². The Morgan fingerprint density at radius 1 is 0.300 bits per heavy atom. The van der Waals surface area contributed by atoms with Crippen LogP contribution in [0.2, 0.25) is 0 Å². The lowest BCUT2D eigenvalue weighted by molar-refractivity contribution is 0.0677. The molecular weight excluding hydrogens is 640 g/mol. The third kappa shape index (κ3) is 4.91. The van der Waals surface area contributed by atoms with Crippen molar-refractivity contribution in [1.29, 1.82) is 0 Å². The zero-order valence-electron chi connectivity index (χ0n) is 27.4. The van der Waals surface area contributed by atoms with Gasteiger partial charge in [0.25, 0.3) is 47.3 Å². The second-order valence-corrected chi connectivity index (χ2v) is 12.6. The van der Waals surface area contributed by atoms with Gasteiger partial charge in [-0.15, -0.1) is 0 Å². The molecule has 0 unspecified atom stereocenters. The van der Waals surface area contributed by atoms with Gasteiger partial charge in [-0.1, -0.05) is 24.3 Å². The minimum atomic E-state index is -0.307. The van der Waals surface area contributed by atoms with Crippen LogP contribution in [0, 0.1) is 0 Å². The Morgan fingerprint density at radius 3 is 0.680 bits per heavy atom. The van der Waals surface area contributed by atoms with Gasteiger partial charge in [-0.2, -0.15) is 0 Å². The van der Waals surface area contributed by atoms with Crippen LogP contribution in [0.3, 0.4) is 0 Å². The first-order valence-corrected chi connectivity index (χ1v) is 15.6. The molecule has 0 bridgehead atoms. The van der Waals surface area contributed by atoms with Gasteiger partial charge in [0.2, 0.25) is 0 Å². The van der Waals surface area contributed by atoms with Crippen molar-refractivity contribution in [3.63, 3.8) is 0 Å². The van der Waals surface area contributed by atoms with E-state index < -0.39 is 0 Å². The fourth-order valence-corrected chi connectivity index (χ4v) is 6.54. The largest absolute Gasteiger partial charge is 0.277 e. The first-order chi connectivity index (χ1) is 23.8. The normalized spacial score (nSPS) is 15.9. The Morgan fingerprint density at radius 2 is 0.480 bits per heavy atom. The monoisotopic (exact) mass is 668 g/mol. The Kier molecular flexibility index (Phi) is 7.39. The highest BCUT2D eigenvalue weighted by atomic mass is 16.2. The van der Waals surface area contributed by atoms with Crippen LogP contribution in [0.4, 0.5) is 0 Å². The smallest absolute Gasteiger partial charge is 0.261 e. The van der Waals surface area contributed by atoms with Gasteiger partial charge in [-0.25, -0.2) is 0 Å². The molecule has 0 spiro atoms. The maximum Gasteiger partial charge on any atom is 0.261 e. The van der Waals surface area contributed by atoms with E-state index in [0.717, 1.165) is 41.9 Å². The molecule has 4 aliphatic heterocycles. The average molecular weight is 669 g/mol. The molecule has 0 fully saturated rings. The van der Waals surface area contributed by atoms with E-state index in [1.165, 1.54) is 28.2 Å². The maximum atomic E-state index is 12.1. The number of hydrogen-bond donors (Lipinski definition) is 0. The van der Waals surface area contributed by atoms with Crippen molar-refractivity contribution in [3.8, 4) is 0 Å². The first kappa shape index (κ1) is 32.0. The van der Waals surface area contributed by atoms with Crippen molar-refractivity contribution < 1.29 is 38.4 Å². The van der Waals surface area contributed by atoms with Gasteiger partial charge in [0.1, 0.15) is 0 Å². The summed E-state index contributed by atoms with van der Waals surface area (Å²) in [5, 5.41) is 0. The highest BCUT2D eigenvalue weighted by Gasteiger charge is 2.36. The molecule has 0 radical (unpaired) electrons. The Hall–Kier alpha value is -6.56. The second-order valence-electron chi connectivity index (χ2n) is 12.6. The van der Waals surface area contributed by atoms with Crippen LogP contribution < -0.4 is 0 Å². The number of carbonyl (C=O) groups is 8. The fourth-order valence-electron chi connectivity index (χ4n) is 6.54. The molecule has 4 aromatic carbocycles. The number of carbonyl (C=O) groups excluding carboxylic acids is 8. The Balaban J connectivity index is 0.000000157. The lowest BCUT2D eigenvalue weighted by Gasteiger charge is -2.05. The molecule has 4 heterocycles. The highest BCUT2D eigenvalue weighted by molar-refractivity contribution is 6.23. The molecule has 0 saturated carbocycles. The van der Waals surface area contributed by atoms with Gasteiger partial charge >= 0.3 is 0 Å². The molecule has 8 rings (SSSR count). The summed E-state index contributed by atoms with van der Waals surface area (Å²) in [4.78, 5) is 101. The predicted molar refractivity (Wildman–Crippen MR) is 177 cm³/mol. The summed E-state index contributed by atoms with van der Waals surface area (Å²) in [6.45, 7) is 0. The van der Waals surface area contributed by atoms with Crippen LogP contribution in [-0.2, 0) is 12.8 Å². The third-order valence-corrected chi connectivity index (χ3v) is 9.43. The number of fused-ring (bicyclic) bond motifs is 4. The fraction of sp³-hybridized carbons (Fsp3) is 0.158.